The molecule has 3 aromatic rings. The van der Waals surface area contributed by atoms with Gasteiger partial charge in [-0.05, 0) is 55.2 Å². The number of hydrogen-bond donors (Lipinski definition) is 2. The number of thiol groups is 1. The highest BCUT2D eigenvalue weighted by molar-refractivity contribution is 7.74. The minimum atomic E-state index is -2.90. The minimum absolute atomic E-state index is 0.134. The van der Waals surface area contributed by atoms with Crippen molar-refractivity contribution in [3.8, 4) is 0 Å². The molecule has 1 unspecified atom stereocenters. The summed E-state index contributed by atoms with van der Waals surface area (Å²) < 4.78 is 38.6. The Morgan fingerprint density at radius 3 is 2.65 bits per heavy atom. The van der Waals surface area contributed by atoms with Crippen LogP contribution >= 0.6 is 34.5 Å². The third kappa shape index (κ3) is 4.82. The van der Waals surface area contributed by atoms with Crippen LogP contribution in [-0.4, -0.2) is 30.3 Å². The molecule has 0 bridgehead atoms. The Labute approximate surface area is 192 Å². The first-order valence-corrected chi connectivity index (χ1v) is 11.8. The number of carbonyl (C=O) groups excluding carboxylic acids is 1. The average molecular weight is 501 g/mol. The Kier molecular flexibility index (Phi) is 6.42. The van der Waals surface area contributed by atoms with Gasteiger partial charge in [0.2, 0.25) is 16.8 Å². The van der Waals surface area contributed by atoms with E-state index in [1.54, 1.807) is 12.3 Å². The number of anilines is 2. The zero-order chi connectivity index (χ0) is 22.1. The Morgan fingerprint density at radius 1 is 1.26 bits per heavy atom. The lowest BCUT2D eigenvalue weighted by atomic mass is 9.93. The van der Waals surface area contributed by atoms with Crippen molar-refractivity contribution in [1.29, 1.82) is 0 Å². The molecule has 2 aromatic heterocycles. The maximum Gasteiger partial charge on any atom is 0.258 e. The number of aromatic nitrogens is 2. The summed E-state index contributed by atoms with van der Waals surface area (Å²) in [7, 11) is -2.90. The number of thiophene rings is 1. The molecule has 162 valence electrons. The van der Waals surface area contributed by atoms with Crippen LogP contribution in [0.1, 0.15) is 28.0 Å². The summed E-state index contributed by atoms with van der Waals surface area (Å²) in [5.74, 6) is -0.748. The molecular weight excluding hydrogens is 486 g/mol. The number of nitrogens with one attached hydrogen (secondary N) is 1. The summed E-state index contributed by atoms with van der Waals surface area (Å²) in [6.45, 7) is 0. The van der Waals surface area contributed by atoms with Crippen molar-refractivity contribution >= 4 is 62.3 Å². The lowest BCUT2D eigenvalue weighted by Crippen LogP contribution is -2.38. The van der Waals surface area contributed by atoms with Crippen molar-refractivity contribution in [3.05, 3.63) is 68.5 Å². The van der Waals surface area contributed by atoms with Crippen LogP contribution in [0.4, 0.5) is 15.3 Å². The van der Waals surface area contributed by atoms with Crippen LogP contribution in [0.3, 0.4) is 0 Å². The van der Waals surface area contributed by atoms with Gasteiger partial charge in [0.1, 0.15) is 15.2 Å². The van der Waals surface area contributed by atoms with Crippen molar-refractivity contribution in [3.63, 3.8) is 0 Å². The van der Waals surface area contributed by atoms with E-state index in [2.05, 4.69) is 15.3 Å². The number of hydrogen-bond acceptors (Lipinski definition) is 6. The second-order valence-electron chi connectivity index (χ2n) is 6.81. The van der Waals surface area contributed by atoms with Crippen LogP contribution in [0, 0.1) is 5.82 Å². The second-order valence-corrected chi connectivity index (χ2v) is 9.76. The van der Waals surface area contributed by atoms with Gasteiger partial charge in [0, 0.05) is 17.5 Å². The van der Waals surface area contributed by atoms with E-state index in [-0.39, 0.29) is 17.6 Å². The molecule has 0 radical (unpaired) electrons. The Hall–Kier alpha value is -2.27. The Balaban J connectivity index is 1.51. The molecule has 0 saturated heterocycles. The molecule has 1 amide bonds. The Morgan fingerprint density at radius 2 is 2.00 bits per heavy atom. The fourth-order valence-electron chi connectivity index (χ4n) is 3.37. The zero-order valence-corrected chi connectivity index (χ0v) is 18.9. The standard InChI is InChI=1S/C19H15Cl2FN4O3S2/c20-14-8-16(30-17(14)21)26(31(28)29)13-5-6-15-11(7-13)9-23-19(24-15)25-18(27)10-1-3-12(22)4-2-10/h1-4,8-9,13,31H,5-7H2,(H,23,24,25,27). The first-order valence-electron chi connectivity index (χ1n) is 9.12. The van der Waals surface area contributed by atoms with Gasteiger partial charge in [-0.25, -0.2) is 22.8 Å². The van der Waals surface area contributed by atoms with Crippen LogP contribution in [0.15, 0.2) is 36.5 Å². The van der Waals surface area contributed by atoms with Gasteiger partial charge >= 0.3 is 0 Å². The van der Waals surface area contributed by atoms with E-state index in [0.29, 0.717) is 33.6 Å². The molecule has 0 aliphatic heterocycles. The van der Waals surface area contributed by atoms with Crippen LogP contribution in [0.25, 0.3) is 0 Å². The molecule has 0 saturated carbocycles. The monoisotopic (exact) mass is 500 g/mol. The molecule has 31 heavy (non-hydrogen) atoms. The predicted molar refractivity (Wildman–Crippen MR) is 119 cm³/mol. The van der Waals surface area contributed by atoms with E-state index in [9.17, 15) is 17.6 Å². The average Bonchev–Trinajstić information content (AvgIpc) is 3.06. The zero-order valence-electron chi connectivity index (χ0n) is 15.7. The second kappa shape index (κ2) is 9.07. The van der Waals surface area contributed by atoms with Gasteiger partial charge in [-0.15, -0.1) is 11.3 Å². The number of halogens is 3. The van der Waals surface area contributed by atoms with E-state index in [1.165, 1.54) is 28.6 Å². The van der Waals surface area contributed by atoms with E-state index in [4.69, 9.17) is 23.2 Å². The molecule has 4 rings (SSSR count). The van der Waals surface area contributed by atoms with Crippen LogP contribution in [-0.2, 0) is 23.7 Å². The van der Waals surface area contributed by atoms with Gasteiger partial charge in [-0.2, -0.15) is 0 Å². The number of rotatable bonds is 5. The number of aryl methyl sites for hydroxylation is 1. The molecule has 1 N–H and O–H groups in total. The maximum atomic E-state index is 13.0. The first kappa shape index (κ1) is 21.9. The van der Waals surface area contributed by atoms with Crippen molar-refractivity contribution in [1.82, 2.24) is 9.97 Å². The van der Waals surface area contributed by atoms with E-state index in [1.807, 2.05) is 0 Å². The van der Waals surface area contributed by atoms with Crippen LogP contribution in [0.5, 0.6) is 0 Å². The topological polar surface area (TPSA) is 92.3 Å². The third-order valence-corrected chi connectivity index (χ3v) is 7.73. The largest absolute Gasteiger partial charge is 0.290 e. The van der Waals surface area contributed by atoms with Crippen molar-refractivity contribution in [2.45, 2.75) is 25.3 Å². The highest BCUT2D eigenvalue weighted by atomic mass is 35.5. The summed E-state index contributed by atoms with van der Waals surface area (Å²) in [5.41, 5.74) is 1.82. The van der Waals surface area contributed by atoms with Crippen molar-refractivity contribution < 1.29 is 17.6 Å². The summed E-state index contributed by atoms with van der Waals surface area (Å²) in [6, 6.07) is 6.36. The number of amides is 1. The van der Waals surface area contributed by atoms with Crippen molar-refractivity contribution in [2.75, 3.05) is 9.62 Å². The molecule has 0 fully saturated rings. The summed E-state index contributed by atoms with van der Waals surface area (Å²) in [4.78, 5) is 20.9. The maximum absolute atomic E-state index is 13.0. The smallest absolute Gasteiger partial charge is 0.258 e. The van der Waals surface area contributed by atoms with E-state index in [0.717, 1.165) is 22.6 Å². The summed E-state index contributed by atoms with van der Waals surface area (Å²) in [6.07, 6.45) is 3.04. The quantitative estimate of drug-likeness (QED) is 0.513. The van der Waals surface area contributed by atoms with Gasteiger partial charge in [-0.1, -0.05) is 23.2 Å². The highest BCUT2D eigenvalue weighted by Crippen LogP contribution is 2.39. The summed E-state index contributed by atoms with van der Waals surface area (Å²) in [5, 5.41) is 3.37. The SMILES string of the molecule is O=C(Nc1ncc2c(n1)CCC(N(c1cc(Cl)c(Cl)s1)[SH](=O)=O)C2)c1ccc(F)cc1. The van der Waals surface area contributed by atoms with Gasteiger partial charge < -0.3 is 0 Å². The van der Waals surface area contributed by atoms with Crippen LogP contribution < -0.4 is 9.62 Å². The number of nitrogens with zero attached hydrogens (tertiary/aromatic N) is 3. The molecule has 1 aliphatic carbocycles. The molecule has 12 heteroatoms. The normalized spacial score (nSPS) is 15.5. The van der Waals surface area contributed by atoms with Crippen LogP contribution in [0.2, 0.25) is 9.36 Å². The molecule has 7 nitrogen and oxygen atoms in total. The highest BCUT2D eigenvalue weighted by Gasteiger charge is 2.29. The lowest BCUT2D eigenvalue weighted by molar-refractivity contribution is 0.102. The number of benzene rings is 1. The molecule has 0 spiro atoms. The van der Waals surface area contributed by atoms with Gasteiger partial charge in [0.05, 0.1) is 11.1 Å². The Bertz CT molecular complexity index is 1190. The first-order chi connectivity index (χ1) is 14.8. The number of carbonyl (C=O) groups is 1. The van der Waals surface area contributed by atoms with Gasteiger partial charge in [0.15, 0.2) is 0 Å². The van der Waals surface area contributed by atoms with Crippen molar-refractivity contribution in [2.24, 2.45) is 0 Å². The van der Waals surface area contributed by atoms with Gasteiger partial charge in [0.25, 0.3) is 5.91 Å². The molecule has 1 atom stereocenters. The summed E-state index contributed by atoms with van der Waals surface area (Å²) >= 11 is 13.1. The molecule has 2 heterocycles. The number of fused-ring (bicyclic) bond motifs is 1. The third-order valence-electron chi connectivity index (χ3n) is 4.84. The molecule has 1 aromatic carbocycles. The molecule has 1 aliphatic rings. The van der Waals surface area contributed by atoms with Gasteiger partial charge in [-0.3, -0.25) is 14.4 Å². The van der Waals surface area contributed by atoms with E-state index >= 15 is 0 Å². The van der Waals surface area contributed by atoms with E-state index < -0.39 is 22.6 Å². The minimum Gasteiger partial charge on any atom is -0.290 e. The predicted octanol–water partition coefficient (Wildman–Crippen LogP) is 4.13. The molecular formula is C19H15Cl2FN4O3S2. The fraction of sp³-hybridized carbons (Fsp3) is 0.211. The lowest BCUT2D eigenvalue weighted by Gasteiger charge is -2.31. The fourth-order valence-corrected chi connectivity index (χ4v) is 5.71.